The van der Waals surface area contributed by atoms with Crippen molar-refractivity contribution < 1.29 is 0 Å². The molecule has 0 unspecified atom stereocenters. The predicted octanol–water partition coefficient (Wildman–Crippen LogP) is 4.17. The highest BCUT2D eigenvalue weighted by Crippen LogP contribution is 2.17. The number of hydrogen-bond donors (Lipinski definition) is 1. The Hall–Kier alpha value is -1.76. The second-order valence-electron chi connectivity index (χ2n) is 4.34. The molecule has 0 spiro atoms. The van der Waals surface area contributed by atoms with E-state index in [4.69, 9.17) is 0 Å². The van der Waals surface area contributed by atoms with E-state index in [-0.39, 0.29) is 0 Å². The van der Waals surface area contributed by atoms with Crippen LogP contribution in [0.2, 0.25) is 0 Å². The summed E-state index contributed by atoms with van der Waals surface area (Å²) in [5.41, 5.74) is 5.26. The maximum Gasteiger partial charge on any atom is 0.0400 e. The normalized spacial score (nSPS) is 10.2. The molecule has 17 heavy (non-hydrogen) atoms. The number of hydrogen-bond acceptors (Lipinski definition) is 1. The third kappa shape index (κ3) is 3.10. The van der Waals surface area contributed by atoms with Crippen LogP contribution in [0.25, 0.3) is 0 Å². The Morgan fingerprint density at radius 3 is 2.35 bits per heavy atom. The second-order valence-corrected chi connectivity index (χ2v) is 4.34. The maximum atomic E-state index is 3.48. The van der Waals surface area contributed by atoms with Crippen LogP contribution in [-0.4, -0.2) is 0 Å². The van der Waals surface area contributed by atoms with Gasteiger partial charge in [0.15, 0.2) is 0 Å². The zero-order valence-corrected chi connectivity index (χ0v) is 10.5. The van der Waals surface area contributed by atoms with Crippen LogP contribution in [0.5, 0.6) is 0 Å². The molecule has 1 nitrogen and oxygen atoms in total. The van der Waals surface area contributed by atoms with Crippen LogP contribution in [-0.2, 0) is 13.0 Å². The highest BCUT2D eigenvalue weighted by Gasteiger charge is 1.99. The van der Waals surface area contributed by atoms with E-state index in [9.17, 15) is 0 Å². The SMILES string of the molecule is CCc1ccc(NCc2ccccc2)c(C)c1. The molecule has 0 heterocycles. The smallest absolute Gasteiger partial charge is 0.0400 e. The first-order chi connectivity index (χ1) is 8.29. The summed E-state index contributed by atoms with van der Waals surface area (Å²) in [7, 11) is 0. The Morgan fingerprint density at radius 1 is 0.941 bits per heavy atom. The van der Waals surface area contributed by atoms with Gasteiger partial charge in [-0.25, -0.2) is 0 Å². The lowest BCUT2D eigenvalue weighted by molar-refractivity contribution is 1.11. The van der Waals surface area contributed by atoms with Crippen molar-refractivity contribution in [1.82, 2.24) is 0 Å². The molecule has 0 amide bonds. The minimum Gasteiger partial charge on any atom is -0.381 e. The number of benzene rings is 2. The summed E-state index contributed by atoms with van der Waals surface area (Å²) in [6, 6.07) is 17.1. The molecule has 2 aromatic rings. The van der Waals surface area contributed by atoms with Crippen molar-refractivity contribution >= 4 is 5.69 Å². The summed E-state index contributed by atoms with van der Waals surface area (Å²) >= 11 is 0. The van der Waals surface area contributed by atoms with Gasteiger partial charge in [0.25, 0.3) is 0 Å². The number of aryl methyl sites for hydroxylation is 2. The van der Waals surface area contributed by atoms with Crippen LogP contribution in [0, 0.1) is 6.92 Å². The standard InChI is InChI=1S/C16H19N/c1-3-14-9-10-16(13(2)11-14)17-12-15-7-5-4-6-8-15/h4-11,17H,3,12H2,1-2H3. The van der Waals surface area contributed by atoms with Gasteiger partial charge >= 0.3 is 0 Å². The molecule has 0 radical (unpaired) electrons. The number of rotatable bonds is 4. The average Bonchev–Trinajstić information content (AvgIpc) is 2.38. The molecule has 0 aliphatic rings. The molecule has 0 aliphatic carbocycles. The Balaban J connectivity index is 2.04. The fourth-order valence-electron chi connectivity index (χ4n) is 1.94. The summed E-state index contributed by atoms with van der Waals surface area (Å²) in [6.07, 6.45) is 1.10. The van der Waals surface area contributed by atoms with Gasteiger partial charge in [-0.3, -0.25) is 0 Å². The highest BCUT2D eigenvalue weighted by atomic mass is 14.9. The molecule has 88 valence electrons. The van der Waals surface area contributed by atoms with Crippen LogP contribution in [0.15, 0.2) is 48.5 Å². The average molecular weight is 225 g/mol. The van der Waals surface area contributed by atoms with Crippen molar-refractivity contribution in [2.75, 3.05) is 5.32 Å². The van der Waals surface area contributed by atoms with Crippen LogP contribution < -0.4 is 5.32 Å². The van der Waals surface area contributed by atoms with Gasteiger partial charge in [0.1, 0.15) is 0 Å². The van der Waals surface area contributed by atoms with Gasteiger partial charge in [-0.1, -0.05) is 49.4 Å². The van der Waals surface area contributed by atoms with Crippen LogP contribution in [0.1, 0.15) is 23.6 Å². The molecule has 0 atom stereocenters. The van der Waals surface area contributed by atoms with Gasteiger partial charge in [-0.2, -0.15) is 0 Å². The highest BCUT2D eigenvalue weighted by molar-refractivity contribution is 5.52. The Labute approximate surface area is 103 Å². The summed E-state index contributed by atoms with van der Waals surface area (Å²) < 4.78 is 0. The predicted molar refractivity (Wildman–Crippen MR) is 74.3 cm³/mol. The minimum absolute atomic E-state index is 0.882. The molecule has 2 rings (SSSR count). The van der Waals surface area contributed by atoms with E-state index in [0.29, 0.717) is 0 Å². The van der Waals surface area contributed by atoms with Gasteiger partial charge in [0.2, 0.25) is 0 Å². The van der Waals surface area contributed by atoms with Crippen LogP contribution in [0.3, 0.4) is 0 Å². The quantitative estimate of drug-likeness (QED) is 0.823. The second kappa shape index (κ2) is 5.53. The van der Waals surface area contributed by atoms with Crippen molar-refractivity contribution in [3.05, 3.63) is 65.2 Å². The van der Waals surface area contributed by atoms with E-state index in [1.54, 1.807) is 0 Å². The third-order valence-electron chi connectivity index (χ3n) is 3.02. The van der Waals surface area contributed by atoms with E-state index < -0.39 is 0 Å². The van der Waals surface area contributed by atoms with E-state index in [1.165, 1.54) is 22.4 Å². The monoisotopic (exact) mass is 225 g/mol. The molecule has 0 fully saturated rings. The van der Waals surface area contributed by atoms with Gasteiger partial charge < -0.3 is 5.32 Å². The first-order valence-electron chi connectivity index (χ1n) is 6.17. The fourth-order valence-corrected chi connectivity index (χ4v) is 1.94. The lowest BCUT2D eigenvalue weighted by atomic mass is 10.1. The summed E-state index contributed by atoms with van der Waals surface area (Å²) in [4.78, 5) is 0. The topological polar surface area (TPSA) is 12.0 Å². The van der Waals surface area contributed by atoms with Crippen LogP contribution >= 0.6 is 0 Å². The molecule has 0 aromatic heterocycles. The van der Waals surface area contributed by atoms with Crippen molar-refractivity contribution in [3.8, 4) is 0 Å². The van der Waals surface area contributed by atoms with Gasteiger partial charge in [-0.05, 0) is 36.1 Å². The van der Waals surface area contributed by atoms with Crippen molar-refractivity contribution in [3.63, 3.8) is 0 Å². The number of anilines is 1. The molecule has 1 N–H and O–H groups in total. The Kier molecular flexibility index (Phi) is 3.81. The molecule has 0 saturated carbocycles. The molecule has 0 bridgehead atoms. The molecular formula is C16H19N. The largest absolute Gasteiger partial charge is 0.381 e. The lowest BCUT2D eigenvalue weighted by Crippen LogP contribution is -2.01. The van der Waals surface area contributed by atoms with E-state index in [0.717, 1.165) is 13.0 Å². The summed E-state index contributed by atoms with van der Waals surface area (Å²) in [5, 5.41) is 3.48. The zero-order valence-electron chi connectivity index (χ0n) is 10.5. The first kappa shape index (κ1) is 11.7. The molecular weight excluding hydrogens is 206 g/mol. The van der Waals surface area contributed by atoms with E-state index >= 15 is 0 Å². The van der Waals surface area contributed by atoms with Gasteiger partial charge in [-0.15, -0.1) is 0 Å². The summed E-state index contributed by atoms with van der Waals surface area (Å²) in [5.74, 6) is 0. The lowest BCUT2D eigenvalue weighted by Gasteiger charge is -2.10. The molecule has 1 heteroatoms. The Morgan fingerprint density at radius 2 is 1.71 bits per heavy atom. The first-order valence-corrected chi connectivity index (χ1v) is 6.17. The fraction of sp³-hybridized carbons (Fsp3) is 0.250. The minimum atomic E-state index is 0.882. The van der Waals surface area contributed by atoms with Gasteiger partial charge in [0, 0.05) is 12.2 Å². The molecule has 2 aromatic carbocycles. The van der Waals surface area contributed by atoms with Crippen molar-refractivity contribution in [2.45, 2.75) is 26.8 Å². The molecule has 0 aliphatic heterocycles. The van der Waals surface area contributed by atoms with Gasteiger partial charge in [0.05, 0.1) is 0 Å². The van der Waals surface area contributed by atoms with E-state index in [1.807, 2.05) is 6.07 Å². The zero-order chi connectivity index (χ0) is 12.1. The summed E-state index contributed by atoms with van der Waals surface area (Å²) in [6.45, 7) is 5.23. The Bertz CT molecular complexity index is 474. The maximum absolute atomic E-state index is 3.48. The van der Waals surface area contributed by atoms with Crippen LogP contribution in [0.4, 0.5) is 5.69 Å². The van der Waals surface area contributed by atoms with E-state index in [2.05, 4.69) is 61.6 Å². The molecule has 0 saturated heterocycles. The number of nitrogens with one attached hydrogen (secondary N) is 1. The third-order valence-corrected chi connectivity index (χ3v) is 3.02. The van der Waals surface area contributed by atoms with Crippen molar-refractivity contribution in [1.29, 1.82) is 0 Å². The van der Waals surface area contributed by atoms with Crippen molar-refractivity contribution in [2.24, 2.45) is 0 Å².